The molecule has 32 heavy (non-hydrogen) atoms. The summed E-state index contributed by atoms with van der Waals surface area (Å²) >= 11 is 0. The lowest BCUT2D eigenvalue weighted by atomic mass is 9.94. The van der Waals surface area contributed by atoms with Gasteiger partial charge < -0.3 is 10.6 Å². The van der Waals surface area contributed by atoms with Crippen molar-refractivity contribution in [2.75, 3.05) is 38.3 Å². The van der Waals surface area contributed by atoms with Crippen LogP contribution in [-0.4, -0.2) is 57.3 Å². The molecule has 1 aliphatic rings. The predicted molar refractivity (Wildman–Crippen MR) is 129 cm³/mol. The Morgan fingerprint density at radius 3 is 2.28 bits per heavy atom. The van der Waals surface area contributed by atoms with Gasteiger partial charge in [0, 0.05) is 38.1 Å². The van der Waals surface area contributed by atoms with Crippen molar-refractivity contribution < 1.29 is 13.2 Å². The Morgan fingerprint density at radius 1 is 0.969 bits per heavy atom. The van der Waals surface area contributed by atoms with E-state index in [0.717, 1.165) is 16.5 Å². The second kappa shape index (κ2) is 10.9. The van der Waals surface area contributed by atoms with Crippen LogP contribution < -0.4 is 10.6 Å². The summed E-state index contributed by atoms with van der Waals surface area (Å²) in [6, 6.07) is 14.9. The number of amides is 1. The van der Waals surface area contributed by atoms with Crippen molar-refractivity contribution in [1.29, 1.82) is 0 Å². The molecule has 1 fully saturated rings. The maximum atomic E-state index is 12.4. The van der Waals surface area contributed by atoms with Crippen molar-refractivity contribution in [3.63, 3.8) is 0 Å². The zero-order valence-corrected chi connectivity index (χ0v) is 20.0. The molecule has 2 aromatic rings. The first-order valence-corrected chi connectivity index (χ1v) is 12.6. The Balaban J connectivity index is 1.56. The molecule has 7 nitrogen and oxygen atoms in total. The van der Waals surface area contributed by atoms with E-state index in [0.29, 0.717) is 11.7 Å². The number of rotatable bonds is 9. The highest BCUT2D eigenvalue weighted by Gasteiger charge is 2.19. The number of hydrogen-bond donors (Lipinski definition) is 2. The fraction of sp³-hybridized carbons (Fsp3) is 0.458. The topological polar surface area (TPSA) is 81.8 Å². The number of benzene rings is 2. The SMILES string of the molecule is CN(Cc1ccccc1NCC(=O)Nc1ccc(S(=O)(=O)N(C)C)cc1)C1CCCCC1. The molecule has 0 aromatic heterocycles. The quantitative estimate of drug-likeness (QED) is 0.598. The van der Waals surface area contributed by atoms with Crippen LogP contribution in [0.3, 0.4) is 0 Å². The minimum absolute atomic E-state index is 0.127. The highest BCUT2D eigenvalue weighted by atomic mass is 32.2. The van der Waals surface area contributed by atoms with E-state index in [4.69, 9.17) is 0 Å². The van der Waals surface area contributed by atoms with Gasteiger partial charge in [0.25, 0.3) is 0 Å². The summed E-state index contributed by atoms with van der Waals surface area (Å²) in [6.07, 6.45) is 6.45. The summed E-state index contributed by atoms with van der Waals surface area (Å²) in [5.41, 5.74) is 2.68. The van der Waals surface area contributed by atoms with Crippen LogP contribution in [0.5, 0.6) is 0 Å². The Morgan fingerprint density at radius 2 is 1.62 bits per heavy atom. The lowest BCUT2D eigenvalue weighted by Gasteiger charge is -2.31. The molecule has 174 valence electrons. The van der Waals surface area contributed by atoms with E-state index in [9.17, 15) is 13.2 Å². The van der Waals surface area contributed by atoms with Crippen LogP contribution in [-0.2, 0) is 21.4 Å². The number of sulfonamides is 1. The van der Waals surface area contributed by atoms with Crippen LogP contribution in [0, 0.1) is 0 Å². The molecule has 8 heteroatoms. The Kier molecular flexibility index (Phi) is 8.28. The molecule has 1 aliphatic carbocycles. The first-order chi connectivity index (χ1) is 15.3. The smallest absolute Gasteiger partial charge is 0.243 e. The monoisotopic (exact) mass is 458 g/mol. The van der Waals surface area contributed by atoms with E-state index in [1.165, 1.54) is 63.9 Å². The van der Waals surface area contributed by atoms with Gasteiger partial charge in [-0.3, -0.25) is 9.69 Å². The lowest BCUT2D eigenvalue weighted by Crippen LogP contribution is -2.33. The third-order valence-corrected chi connectivity index (χ3v) is 7.82. The van der Waals surface area contributed by atoms with Gasteiger partial charge in [-0.2, -0.15) is 0 Å². The molecule has 0 bridgehead atoms. The number of carbonyl (C=O) groups excluding carboxylic acids is 1. The maximum absolute atomic E-state index is 12.4. The molecule has 0 unspecified atom stereocenters. The van der Waals surface area contributed by atoms with Crippen LogP contribution in [0.4, 0.5) is 11.4 Å². The largest absolute Gasteiger partial charge is 0.376 e. The third-order valence-electron chi connectivity index (χ3n) is 5.99. The number of hydrogen-bond acceptors (Lipinski definition) is 5. The molecule has 3 rings (SSSR count). The lowest BCUT2D eigenvalue weighted by molar-refractivity contribution is -0.114. The molecule has 1 saturated carbocycles. The number of anilines is 2. The molecule has 2 aromatic carbocycles. The van der Waals surface area contributed by atoms with Gasteiger partial charge >= 0.3 is 0 Å². The fourth-order valence-corrected chi connectivity index (χ4v) is 4.95. The van der Waals surface area contributed by atoms with Gasteiger partial charge in [-0.1, -0.05) is 37.5 Å². The average Bonchev–Trinajstić information content (AvgIpc) is 2.79. The molecular weight excluding hydrogens is 424 g/mol. The number of para-hydroxylation sites is 1. The van der Waals surface area contributed by atoms with Gasteiger partial charge in [-0.25, -0.2) is 12.7 Å². The number of nitrogens with zero attached hydrogens (tertiary/aromatic N) is 2. The average molecular weight is 459 g/mol. The highest BCUT2D eigenvalue weighted by molar-refractivity contribution is 7.89. The van der Waals surface area contributed by atoms with Crippen molar-refractivity contribution in [3.05, 3.63) is 54.1 Å². The van der Waals surface area contributed by atoms with E-state index in [1.807, 2.05) is 18.2 Å². The Labute approximate surface area is 191 Å². The maximum Gasteiger partial charge on any atom is 0.243 e. The molecule has 0 saturated heterocycles. The standard InChI is InChI=1S/C24H34N4O3S/c1-27(2)32(30,31)22-15-13-20(14-16-22)26-24(29)17-25-23-12-8-7-9-19(23)18-28(3)21-10-5-4-6-11-21/h7-9,12-16,21,25H,4-6,10-11,17-18H2,1-3H3,(H,26,29). The van der Waals surface area contributed by atoms with E-state index in [-0.39, 0.29) is 17.3 Å². The van der Waals surface area contributed by atoms with Crippen molar-refractivity contribution in [2.24, 2.45) is 0 Å². The van der Waals surface area contributed by atoms with Crippen LogP contribution in [0.25, 0.3) is 0 Å². The molecule has 0 radical (unpaired) electrons. The van der Waals surface area contributed by atoms with Gasteiger partial charge in [-0.05, 0) is 55.8 Å². The third kappa shape index (κ3) is 6.31. The van der Waals surface area contributed by atoms with Gasteiger partial charge in [0.15, 0.2) is 0 Å². The van der Waals surface area contributed by atoms with Gasteiger partial charge in [0.1, 0.15) is 0 Å². The zero-order valence-electron chi connectivity index (χ0n) is 19.2. The zero-order chi connectivity index (χ0) is 23.1. The molecule has 1 amide bonds. The van der Waals surface area contributed by atoms with Crippen LogP contribution in [0.1, 0.15) is 37.7 Å². The molecule has 0 aliphatic heterocycles. The first kappa shape index (κ1) is 24.2. The van der Waals surface area contributed by atoms with Crippen molar-refractivity contribution in [2.45, 2.75) is 49.6 Å². The van der Waals surface area contributed by atoms with E-state index >= 15 is 0 Å². The van der Waals surface area contributed by atoms with E-state index in [1.54, 1.807) is 12.1 Å². The van der Waals surface area contributed by atoms with Gasteiger partial charge in [-0.15, -0.1) is 0 Å². The summed E-state index contributed by atoms with van der Waals surface area (Å²) in [7, 11) is 1.67. The Bertz CT molecular complexity index is 1000. The summed E-state index contributed by atoms with van der Waals surface area (Å²) < 4.78 is 25.5. The first-order valence-electron chi connectivity index (χ1n) is 11.1. The highest BCUT2D eigenvalue weighted by Crippen LogP contribution is 2.25. The van der Waals surface area contributed by atoms with E-state index < -0.39 is 10.0 Å². The molecular formula is C24H34N4O3S. The molecule has 2 N–H and O–H groups in total. The summed E-state index contributed by atoms with van der Waals surface area (Å²) in [4.78, 5) is 15.1. The second-order valence-electron chi connectivity index (χ2n) is 8.58. The summed E-state index contributed by atoms with van der Waals surface area (Å²) in [5.74, 6) is -0.191. The van der Waals surface area contributed by atoms with Crippen LogP contribution in [0.2, 0.25) is 0 Å². The van der Waals surface area contributed by atoms with Crippen molar-refractivity contribution in [3.8, 4) is 0 Å². The molecule has 0 atom stereocenters. The minimum atomic E-state index is -3.49. The van der Waals surface area contributed by atoms with Crippen molar-refractivity contribution >= 4 is 27.3 Å². The van der Waals surface area contributed by atoms with Gasteiger partial charge in [0.2, 0.25) is 15.9 Å². The number of nitrogens with one attached hydrogen (secondary N) is 2. The normalized spacial score (nSPS) is 15.2. The fourth-order valence-electron chi connectivity index (χ4n) is 4.05. The van der Waals surface area contributed by atoms with Gasteiger partial charge in [0.05, 0.1) is 11.4 Å². The predicted octanol–water partition coefficient (Wildman–Crippen LogP) is 3.75. The summed E-state index contributed by atoms with van der Waals surface area (Å²) in [6.45, 7) is 0.971. The Hall–Kier alpha value is -2.42. The van der Waals surface area contributed by atoms with E-state index in [2.05, 4.69) is 28.6 Å². The number of carbonyl (C=O) groups is 1. The molecule has 0 heterocycles. The van der Waals surface area contributed by atoms with Crippen LogP contribution >= 0.6 is 0 Å². The molecule has 0 spiro atoms. The summed E-state index contributed by atoms with van der Waals surface area (Å²) in [5, 5.41) is 6.06. The van der Waals surface area contributed by atoms with Crippen LogP contribution in [0.15, 0.2) is 53.4 Å². The second-order valence-corrected chi connectivity index (χ2v) is 10.7. The van der Waals surface area contributed by atoms with Crippen molar-refractivity contribution in [1.82, 2.24) is 9.21 Å². The minimum Gasteiger partial charge on any atom is -0.376 e.